The first kappa shape index (κ1) is 13.9. The van der Waals surface area contributed by atoms with Crippen LogP contribution >= 0.6 is 34.5 Å². The van der Waals surface area contributed by atoms with E-state index in [9.17, 15) is 0 Å². The van der Waals surface area contributed by atoms with Crippen molar-refractivity contribution in [3.05, 3.63) is 26.8 Å². The SMILES string of the molecule is CCC(C)C(N)c1ncc(-c2cc(Cl)sc2Cl)[nH]1. The number of aromatic nitrogens is 2. The van der Waals surface area contributed by atoms with E-state index in [1.807, 2.05) is 6.07 Å². The van der Waals surface area contributed by atoms with Gasteiger partial charge in [0.2, 0.25) is 0 Å². The average Bonchev–Trinajstić information content (AvgIpc) is 2.93. The van der Waals surface area contributed by atoms with Crippen LogP contribution in [0.15, 0.2) is 12.3 Å². The normalized spacial score (nSPS) is 14.7. The molecule has 6 heteroatoms. The zero-order valence-electron chi connectivity index (χ0n) is 10.2. The molecular weight excluding hydrogens is 289 g/mol. The molecule has 3 N–H and O–H groups in total. The molecule has 98 valence electrons. The highest BCUT2D eigenvalue weighted by atomic mass is 35.5. The minimum atomic E-state index is -0.0865. The molecule has 3 nitrogen and oxygen atoms in total. The Morgan fingerprint density at radius 3 is 2.78 bits per heavy atom. The fourth-order valence-electron chi connectivity index (χ4n) is 1.69. The molecule has 0 saturated heterocycles. The average molecular weight is 304 g/mol. The van der Waals surface area contributed by atoms with Crippen LogP contribution in [0.1, 0.15) is 32.1 Å². The van der Waals surface area contributed by atoms with Gasteiger partial charge in [0.05, 0.1) is 22.3 Å². The zero-order valence-corrected chi connectivity index (χ0v) is 12.5. The molecule has 2 aromatic heterocycles. The maximum absolute atomic E-state index is 6.13. The van der Waals surface area contributed by atoms with Gasteiger partial charge in [-0.1, -0.05) is 43.5 Å². The Bertz CT molecular complexity index is 535. The number of hydrogen-bond donors (Lipinski definition) is 2. The van der Waals surface area contributed by atoms with Gasteiger partial charge >= 0.3 is 0 Å². The van der Waals surface area contributed by atoms with E-state index in [1.165, 1.54) is 11.3 Å². The van der Waals surface area contributed by atoms with Gasteiger partial charge < -0.3 is 10.7 Å². The van der Waals surface area contributed by atoms with Crippen LogP contribution in [0.4, 0.5) is 0 Å². The van der Waals surface area contributed by atoms with Crippen molar-refractivity contribution in [1.82, 2.24) is 9.97 Å². The lowest BCUT2D eigenvalue weighted by Crippen LogP contribution is -2.19. The van der Waals surface area contributed by atoms with Crippen LogP contribution in [0.5, 0.6) is 0 Å². The second-order valence-corrected chi connectivity index (χ2v) is 6.62. The van der Waals surface area contributed by atoms with E-state index < -0.39 is 0 Å². The summed E-state index contributed by atoms with van der Waals surface area (Å²) in [6.45, 7) is 4.23. The Hall–Kier alpha value is -0.550. The minimum absolute atomic E-state index is 0.0865. The van der Waals surface area contributed by atoms with Gasteiger partial charge in [-0.2, -0.15) is 0 Å². The summed E-state index contributed by atoms with van der Waals surface area (Å²) < 4.78 is 1.32. The molecule has 0 aliphatic carbocycles. The van der Waals surface area contributed by atoms with Crippen molar-refractivity contribution in [2.75, 3.05) is 0 Å². The second-order valence-electron chi connectivity index (χ2n) is 4.33. The Labute approximate surface area is 120 Å². The molecule has 2 atom stereocenters. The highest BCUT2D eigenvalue weighted by Crippen LogP contribution is 2.37. The van der Waals surface area contributed by atoms with E-state index in [2.05, 4.69) is 23.8 Å². The van der Waals surface area contributed by atoms with E-state index in [4.69, 9.17) is 28.9 Å². The Morgan fingerprint density at radius 2 is 2.22 bits per heavy atom. The van der Waals surface area contributed by atoms with Crippen LogP contribution in [0.3, 0.4) is 0 Å². The standard InChI is InChI=1S/C12H15Cl2N3S/c1-3-6(2)10(15)12-16-5-8(17-12)7-4-9(13)18-11(7)14/h4-6,10H,3,15H2,1-2H3,(H,16,17). The predicted octanol–water partition coefficient (Wildman–Crippen LogP) is 4.49. The van der Waals surface area contributed by atoms with Crippen molar-refractivity contribution in [3.8, 4) is 11.3 Å². The minimum Gasteiger partial charge on any atom is -0.341 e. The van der Waals surface area contributed by atoms with Gasteiger partial charge in [0.15, 0.2) is 0 Å². The van der Waals surface area contributed by atoms with Gasteiger partial charge in [0, 0.05) is 5.56 Å². The molecule has 0 bridgehead atoms. The van der Waals surface area contributed by atoms with Gasteiger partial charge in [-0.15, -0.1) is 11.3 Å². The summed E-state index contributed by atoms with van der Waals surface area (Å²) in [7, 11) is 0. The first-order chi connectivity index (χ1) is 8.52. The van der Waals surface area contributed by atoms with Crippen LogP contribution in [0.2, 0.25) is 8.67 Å². The number of nitrogens with one attached hydrogen (secondary N) is 1. The molecule has 2 unspecified atom stereocenters. The molecule has 2 aromatic rings. The van der Waals surface area contributed by atoms with Gasteiger partial charge in [-0.3, -0.25) is 0 Å². The number of thiophene rings is 1. The summed E-state index contributed by atoms with van der Waals surface area (Å²) >= 11 is 13.4. The van der Waals surface area contributed by atoms with Gasteiger partial charge in [0.1, 0.15) is 10.2 Å². The summed E-state index contributed by atoms with van der Waals surface area (Å²) in [6.07, 6.45) is 2.77. The van der Waals surface area contributed by atoms with Gasteiger partial charge in [0.25, 0.3) is 0 Å². The number of rotatable bonds is 4. The maximum Gasteiger partial charge on any atom is 0.123 e. The monoisotopic (exact) mass is 303 g/mol. The number of halogens is 2. The summed E-state index contributed by atoms with van der Waals surface area (Å²) in [5.41, 5.74) is 7.87. The highest BCUT2D eigenvalue weighted by molar-refractivity contribution is 7.20. The van der Waals surface area contributed by atoms with Crippen molar-refractivity contribution in [2.24, 2.45) is 11.7 Å². The fourth-order valence-corrected chi connectivity index (χ4v) is 3.18. The molecule has 0 saturated carbocycles. The lowest BCUT2D eigenvalue weighted by molar-refractivity contribution is 0.441. The number of aromatic amines is 1. The number of nitrogens with two attached hydrogens (primary N) is 1. The Kier molecular flexibility index (Phi) is 4.33. The van der Waals surface area contributed by atoms with Crippen LogP contribution < -0.4 is 5.73 Å². The lowest BCUT2D eigenvalue weighted by atomic mass is 10.00. The van der Waals surface area contributed by atoms with Crippen LogP contribution in [-0.4, -0.2) is 9.97 Å². The van der Waals surface area contributed by atoms with E-state index in [-0.39, 0.29) is 6.04 Å². The largest absolute Gasteiger partial charge is 0.341 e. The molecule has 0 aliphatic rings. The number of nitrogens with zero attached hydrogens (tertiary/aromatic N) is 1. The molecular formula is C12H15Cl2N3S. The Morgan fingerprint density at radius 1 is 1.50 bits per heavy atom. The molecule has 0 aromatic carbocycles. The smallest absolute Gasteiger partial charge is 0.123 e. The molecule has 2 heterocycles. The molecule has 0 spiro atoms. The predicted molar refractivity (Wildman–Crippen MR) is 78.3 cm³/mol. The first-order valence-corrected chi connectivity index (χ1v) is 7.35. The van der Waals surface area contributed by atoms with Crippen molar-refractivity contribution in [2.45, 2.75) is 26.3 Å². The van der Waals surface area contributed by atoms with Gasteiger partial charge in [-0.05, 0) is 12.0 Å². The first-order valence-electron chi connectivity index (χ1n) is 5.78. The van der Waals surface area contributed by atoms with Crippen molar-refractivity contribution < 1.29 is 0 Å². The summed E-state index contributed by atoms with van der Waals surface area (Å²) in [5, 5.41) is 0. The van der Waals surface area contributed by atoms with E-state index in [0.717, 1.165) is 23.5 Å². The number of H-pyrrole nitrogens is 1. The highest BCUT2D eigenvalue weighted by Gasteiger charge is 2.18. The Balaban J connectivity index is 2.28. The summed E-state index contributed by atoms with van der Waals surface area (Å²) in [6, 6.07) is 1.75. The molecule has 18 heavy (non-hydrogen) atoms. The van der Waals surface area contributed by atoms with Crippen LogP contribution in [0, 0.1) is 5.92 Å². The molecule has 2 rings (SSSR count). The zero-order chi connectivity index (χ0) is 13.3. The molecule has 0 aliphatic heterocycles. The number of imidazole rings is 1. The van der Waals surface area contributed by atoms with Crippen molar-refractivity contribution in [3.63, 3.8) is 0 Å². The lowest BCUT2D eigenvalue weighted by Gasteiger charge is -2.15. The van der Waals surface area contributed by atoms with Crippen molar-refractivity contribution in [1.29, 1.82) is 0 Å². The maximum atomic E-state index is 6.13. The quantitative estimate of drug-likeness (QED) is 0.874. The van der Waals surface area contributed by atoms with E-state index in [0.29, 0.717) is 14.6 Å². The van der Waals surface area contributed by atoms with Gasteiger partial charge in [-0.25, -0.2) is 4.98 Å². The second kappa shape index (κ2) is 5.61. The molecule has 0 radical (unpaired) electrons. The topological polar surface area (TPSA) is 54.7 Å². The third kappa shape index (κ3) is 2.72. The van der Waals surface area contributed by atoms with E-state index in [1.54, 1.807) is 6.20 Å². The summed E-state index contributed by atoms with van der Waals surface area (Å²) in [4.78, 5) is 7.56. The summed E-state index contributed by atoms with van der Waals surface area (Å²) in [5.74, 6) is 1.17. The fraction of sp³-hybridized carbons (Fsp3) is 0.417. The molecule has 0 amide bonds. The van der Waals surface area contributed by atoms with Crippen LogP contribution in [0.25, 0.3) is 11.3 Å². The van der Waals surface area contributed by atoms with Crippen LogP contribution in [-0.2, 0) is 0 Å². The van der Waals surface area contributed by atoms with Crippen molar-refractivity contribution >= 4 is 34.5 Å². The third-order valence-corrected chi connectivity index (χ3v) is 4.60. The number of hydrogen-bond acceptors (Lipinski definition) is 3. The molecule has 0 fully saturated rings. The third-order valence-electron chi connectivity index (χ3n) is 3.12. The van der Waals surface area contributed by atoms with E-state index >= 15 is 0 Å².